The summed E-state index contributed by atoms with van der Waals surface area (Å²) in [5, 5.41) is 8.71. The van der Waals surface area contributed by atoms with Crippen molar-refractivity contribution in [3.8, 4) is 0 Å². The topological polar surface area (TPSA) is 83.9 Å². The van der Waals surface area contributed by atoms with E-state index in [2.05, 4.69) is 0 Å². The van der Waals surface area contributed by atoms with E-state index in [-0.39, 0.29) is 39.0 Å². The Morgan fingerprint density at radius 1 is 1.30 bits per heavy atom. The molecule has 1 atom stereocenters. The highest BCUT2D eigenvalue weighted by molar-refractivity contribution is 7.89. The molecule has 23 heavy (non-hydrogen) atoms. The molecule has 0 radical (unpaired) electrons. The number of hydrogen-bond acceptors (Lipinski definition) is 4. The van der Waals surface area contributed by atoms with Crippen molar-refractivity contribution in [2.75, 3.05) is 26.3 Å². The molecule has 1 aliphatic rings. The van der Waals surface area contributed by atoms with E-state index in [4.69, 9.17) is 44.6 Å². The van der Waals surface area contributed by atoms with Crippen molar-refractivity contribution in [1.82, 2.24) is 4.31 Å². The van der Waals surface area contributed by atoms with E-state index in [1.165, 1.54) is 16.4 Å². The molecule has 128 valence electrons. The third-order valence-corrected chi connectivity index (χ3v) is 6.39. The fourth-order valence-corrected chi connectivity index (χ4v) is 5.39. The van der Waals surface area contributed by atoms with E-state index in [0.29, 0.717) is 13.0 Å². The van der Waals surface area contributed by atoms with Crippen LogP contribution in [0.3, 0.4) is 0 Å². The second-order valence-corrected chi connectivity index (χ2v) is 8.25. The summed E-state index contributed by atoms with van der Waals surface area (Å²) < 4.78 is 31.7. The molecule has 0 aromatic heterocycles. The third kappa shape index (κ3) is 4.49. The summed E-state index contributed by atoms with van der Waals surface area (Å²) in [4.78, 5) is 10.2. The summed E-state index contributed by atoms with van der Waals surface area (Å²) in [5.74, 6) is -1.14. The molecule has 0 amide bonds. The number of halogens is 3. The summed E-state index contributed by atoms with van der Waals surface area (Å²) in [6, 6.07) is 2.65. The minimum atomic E-state index is -3.85. The van der Waals surface area contributed by atoms with E-state index >= 15 is 0 Å². The number of carboxylic acids is 1. The summed E-state index contributed by atoms with van der Waals surface area (Å²) in [6.45, 7) is 0.286. The van der Waals surface area contributed by atoms with Gasteiger partial charge in [0.1, 0.15) is 11.5 Å². The summed E-state index contributed by atoms with van der Waals surface area (Å²) in [5.41, 5.74) is 0. The van der Waals surface area contributed by atoms with Crippen LogP contribution in [0, 0.1) is 5.92 Å². The minimum absolute atomic E-state index is 0.0342. The molecular formula is C13H14Cl3NO5S. The summed E-state index contributed by atoms with van der Waals surface area (Å²) in [6.07, 6.45) is 0.571. The van der Waals surface area contributed by atoms with Gasteiger partial charge in [-0.15, -0.1) is 0 Å². The zero-order valence-corrected chi connectivity index (χ0v) is 14.9. The van der Waals surface area contributed by atoms with Gasteiger partial charge < -0.3 is 9.84 Å². The average molecular weight is 403 g/mol. The maximum absolute atomic E-state index is 12.7. The van der Waals surface area contributed by atoms with Gasteiger partial charge in [-0.1, -0.05) is 34.8 Å². The fourth-order valence-electron chi connectivity index (χ4n) is 2.37. The molecule has 0 bridgehead atoms. The lowest BCUT2D eigenvalue weighted by Gasteiger charge is -2.18. The molecule has 1 saturated heterocycles. The molecule has 1 fully saturated rings. The van der Waals surface area contributed by atoms with Crippen LogP contribution in [0.15, 0.2) is 17.0 Å². The molecule has 1 aliphatic heterocycles. The van der Waals surface area contributed by atoms with Crippen molar-refractivity contribution in [2.45, 2.75) is 11.3 Å². The molecule has 0 saturated carbocycles. The van der Waals surface area contributed by atoms with Crippen molar-refractivity contribution in [1.29, 1.82) is 0 Å². The van der Waals surface area contributed by atoms with Gasteiger partial charge in [0, 0.05) is 18.1 Å². The minimum Gasteiger partial charge on any atom is -0.480 e. The molecule has 1 aromatic carbocycles. The van der Waals surface area contributed by atoms with Crippen LogP contribution < -0.4 is 0 Å². The van der Waals surface area contributed by atoms with Crippen LogP contribution in [0.5, 0.6) is 0 Å². The molecule has 0 spiro atoms. The van der Waals surface area contributed by atoms with Crippen LogP contribution in [0.1, 0.15) is 6.42 Å². The molecule has 1 unspecified atom stereocenters. The molecule has 2 rings (SSSR count). The SMILES string of the molecule is O=C(O)COCC1CCN(S(=O)(=O)c2c(Cl)cc(Cl)cc2Cl)C1. The average Bonchev–Trinajstić information content (AvgIpc) is 2.86. The van der Waals surface area contributed by atoms with Crippen LogP contribution in [0.25, 0.3) is 0 Å². The Morgan fingerprint density at radius 3 is 2.48 bits per heavy atom. The van der Waals surface area contributed by atoms with E-state index in [1.807, 2.05) is 0 Å². The summed E-state index contributed by atoms with van der Waals surface area (Å²) in [7, 11) is -3.85. The maximum atomic E-state index is 12.7. The number of rotatable bonds is 6. The molecular weight excluding hydrogens is 389 g/mol. The first-order valence-corrected chi connectivity index (χ1v) is 9.23. The van der Waals surface area contributed by atoms with Crippen molar-refractivity contribution >= 4 is 50.8 Å². The van der Waals surface area contributed by atoms with E-state index in [9.17, 15) is 13.2 Å². The zero-order chi connectivity index (χ0) is 17.2. The van der Waals surface area contributed by atoms with Gasteiger partial charge in [0.05, 0.1) is 16.7 Å². The monoisotopic (exact) mass is 401 g/mol. The molecule has 1 aromatic rings. The number of sulfonamides is 1. The first-order valence-electron chi connectivity index (χ1n) is 6.66. The zero-order valence-electron chi connectivity index (χ0n) is 11.8. The van der Waals surface area contributed by atoms with Gasteiger partial charge in [-0.2, -0.15) is 4.31 Å². The number of hydrogen-bond donors (Lipinski definition) is 1. The summed E-state index contributed by atoms with van der Waals surface area (Å²) >= 11 is 17.8. The van der Waals surface area contributed by atoms with Crippen LogP contribution in [-0.2, 0) is 19.6 Å². The lowest BCUT2D eigenvalue weighted by molar-refractivity contribution is -0.142. The lowest BCUT2D eigenvalue weighted by Crippen LogP contribution is -2.30. The number of nitrogens with zero attached hydrogens (tertiary/aromatic N) is 1. The second-order valence-electron chi connectivity index (χ2n) is 5.13. The van der Waals surface area contributed by atoms with Crippen LogP contribution in [0.2, 0.25) is 15.1 Å². The van der Waals surface area contributed by atoms with Gasteiger partial charge in [0.2, 0.25) is 10.0 Å². The molecule has 1 N–H and O–H groups in total. The highest BCUT2D eigenvalue weighted by Gasteiger charge is 2.35. The van der Waals surface area contributed by atoms with Crippen molar-refractivity contribution in [3.63, 3.8) is 0 Å². The second kappa shape index (κ2) is 7.55. The molecule has 6 nitrogen and oxygen atoms in total. The first kappa shape index (κ1) is 18.8. The van der Waals surface area contributed by atoms with Crippen LogP contribution in [-0.4, -0.2) is 50.1 Å². The Balaban J connectivity index is 2.11. The molecule has 1 heterocycles. The van der Waals surface area contributed by atoms with E-state index < -0.39 is 22.6 Å². The first-order chi connectivity index (χ1) is 10.7. The molecule has 0 aliphatic carbocycles. The fraction of sp³-hybridized carbons (Fsp3) is 0.462. The van der Waals surface area contributed by atoms with Crippen LogP contribution >= 0.6 is 34.8 Å². The van der Waals surface area contributed by atoms with Crippen molar-refractivity contribution in [2.24, 2.45) is 5.92 Å². The van der Waals surface area contributed by atoms with Gasteiger partial charge in [0.15, 0.2) is 0 Å². The van der Waals surface area contributed by atoms with Crippen molar-refractivity contribution in [3.05, 3.63) is 27.2 Å². The Hall–Kier alpha value is -0.570. The predicted octanol–water partition coefficient (Wildman–Crippen LogP) is 2.76. The van der Waals surface area contributed by atoms with Gasteiger partial charge in [-0.25, -0.2) is 13.2 Å². The van der Waals surface area contributed by atoms with Gasteiger partial charge in [-0.3, -0.25) is 0 Å². The quantitative estimate of drug-likeness (QED) is 0.791. The van der Waals surface area contributed by atoms with Gasteiger partial charge >= 0.3 is 5.97 Å². The normalized spacial score (nSPS) is 19.2. The highest BCUT2D eigenvalue weighted by atomic mass is 35.5. The number of ether oxygens (including phenoxy) is 1. The predicted molar refractivity (Wildman–Crippen MR) is 86.8 cm³/mol. The Bertz CT molecular complexity index is 687. The highest BCUT2D eigenvalue weighted by Crippen LogP contribution is 2.36. The van der Waals surface area contributed by atoms with Crippen LogP contribution in [0.4, 0.5) is 0 Å². The number of benzene rings is 1. The standard InChI is InChI=1S/C13H14Cl3NO5S/c14-9-3-10(15)13(11(16)4-9)23(20,21)17-2-1-8(5-17)6-22-7-12(18)19/h3-4,8H,1-2,5-7H2,(H,18,19). The Morgan fingerprint density at radius 2 is 1.91 bits per heavy atom. The largest absolute Gasteiger partial charge is 0.480 e. The van der Waals surface area contributed by atoms with Crippen molar-refractivity contribution < 1.29 is 23.1 Å². The smallest absolute Gasteiger partial charge is 0.329 e. The van der Waals surface area contributed by atoms with E-state index in [1.54, 1.807) is 0 Å². The molecule has 10 heteroatoms. The Kier molecular flexibility index (Phi) is 6.16. The maximum Gasteiger partial charge on any atom is 0.329 e. The van der Waals surface area contributed by atoms with Gasteiger partial charge in [0.25, 0.3) is 0 Å². The third-order valence-electron chi connectivity index (χ3n) is 3.39. The van der Waals surface area contributed by atoms with E-state index in [0.717, 1.165) is 0 Å². The number of carbonyl (C=O) groups is 1. The van der Waals surface area contributed by atoms with Gasteiger partial charge in [-0.05, 0) is 24.5 Å². The Labute approximate surface area is 148 Å². The lowest BCUT2D eigenvalue weighted by atomic mass is 10.1. The number of aliphatic carboxylic acids is 1. The number of carboxylic acid groups (broad SMARTS) is 1.